The Hall–Kier alpha value is -2.92. The van der Waals surface area contributed by atoms with Crippen LogP contribution in [0.25, 0.3) is 21.7 Å². The Morgan fingerprint density at radius 2 is 1.96 bits per heavy atom. The molecular weight excluding hydrogens is 342 g/mol. The van der Waals surface area contributed by atoms with Gasteiger partial charge in [-0.1, -0.05) is 30.3 Å². The van der Waals surface area contributed by atoms with E-state index in [0.29, 0.717) is 0 Å². The number of thiophene rings is 1. The molecule has 0 saturated carbocycles. The van der Waals surface area contributed by atoms with E-state index in [2.05, 4.69) is 5.32 Å². The zero-order valence-electron chi connectivity index (χ0n) is 14.7. The van der Waals surface area contributed by atoms with E-state index < -0.39 is 0 Å². The average molecular weight is 361 g/mol. The van der Waals surface area contributed by atoms with E-state index in [1.54, 1.807) is 11.3 Å². The maximum atomic E-state index is 12.8. The number of aromatic nitrogens is 2. The molecule has 0 saturated heterocycles. The quantitative estimate of drug-likeness (QED) is 0.555. The van der Waals surface area contributed by atoms with Crippen molar-refractivity contribution < 1.29 is 4.79 Å². The Balaban J connectivity index is 1.69. The van der Waals surface area contributed by atoms with Gasteiger partial charge in [-0.05, 0) is 54.6 Å². The topological polar surface area (TPSA) is 46.9 Å². The highest BCUT2D eigenvalue weighted by Crippen LogP contribution is 2.28. The molecular formula is C21H19N3OS. The lowest BCUT2D eigenvalue weighted by atomic mass is 10.1. The minimum absolute atomic E-state index is 0.0559. The number of rotatable bonds is 4. The van der Waals surface area contributed by atoms with Crippen LogP contribution in [-0.2, 0) is 11.3 Å². The van der Waals surface area contributed by atoms with E-state index in [-0.39, 0.29) is 12.5 Å². The van der Waals surface area contributed by atoms with Gasteiger partial charge < -0.3 is 9.88 Å². The summed E-state index contributed by atoms with van der Waals surface area (Å²) in [5, 5.41) is 5.07. The second kappa shape index (κ2) is 6.77. The van der Waals surface area contributed by atoms with Crippen LogP contribution in [0.3, 0.4) is 0 Å². The number of nitrogens with one attached hydrogen (secondary N) is 1. The number of hydrogen-bond acceptors (Lipinski definition) is 3. The second-order valence-corrected chi connectivity index (χ2v) is 7.30. The summed E-state index contributed by atoms with van der Waals surface area (Å²) in [5.41, 5.74) is 4.90. The molecule has 130 valence electrons. The van der Waals surface area contributed by atoms with E-state index in [9.17, 15) is 4.79 Å². The minimum atomic E-state index is -0.0559. The van der Waals surface area contributed by atoms with Crippen LogP contribution in [0, 0.1) is 13.8 Å². The Bertz CT molecular complexity index is 1080. The van der Waals surface area contributed by atoms with Gasteiger partial charge in [-0.25, -0.2) is 4.98 Å². The number of imidazole rings is 1. The van der Waals surface area contributed by atoms with Gasteiger partial charge in [-0.15, -0.1) is 11.3 Å². The van der Waals surface area contributed by atoms with Crippen molar-refractivity contribution in [2.75, 3.05) is 5.32 Å². The fourth-order valence-electron chi connectivity index (χ4n) is 3.03. The number of hydrogen-bond donors (Lipinski definition) is 1. The SMILES string of the molecule is Cc1ccc(C)c(NC(=O)Cn2c(-c3cccs3)nc3ccccc32)c1. The standard InChI is InChI=1S/C21H19N3OS/c1-14-9-10-15(2)17(12-14)22-20(25)13-24-18-7-4-3-6-16(18)23-21(24)19-8-5-11-26-19/h3-12H,13H2,1-2H3,(H,22,25). The molecule has 0 aliphatic rings. The lowest BCUT2D eigenvalue weighted by Crippen LogP contribution is -2.19. The number of fused-ring (bicyclic) bond motifs is 1. The highest BCUT2D eigenvalue weighted by molar-refractivity contribution is 7.13. The van der Waals surface area contributed by atoms with Crippen LogP contribution in [0.4, 0.5) is 5.69 Å². The fourth-order valence-corrected chi connectivity index (χ4v) is 3.76. The Morgan fingerprint density at radius 3 is 2.77 bits per heavy atom. The predicted octanol–water partition coefficient (Wildman–Crippen LogP) is 5.02. The Kier molecular flexibility index (Phi) is 4.31. The summed E-state index contributed by atoms with van der Waals surface area (Å²) in [5.74, 6) is 0.775. The number of carbonyl (C=O) groups is 1. The summed E-state index contributed by atoms with van der Waals surface area (Å²) >= 11 is 1.63. The molecule has 0 fully saturated rings. The van der Waals surface area contributed by atoms with Gasteiger partial charge in [0.05, 0.1) is 15.9 Å². The summed E-state index contributed by atoms with van der Waals surface area (Å²) in [6, 6.07) is 18.0. The van der Waals surface area contributed by atoms with Crippen molar-refractivity contribution in [3.05, 3.63) is 71.1 Å². The molecule has 0 radical (unpaired) electrons. The van der Waals surface area contributed by atoms with E-state index in [1.165, 1.54) is 0 Å². The lowest BCUT2D eigenvalue weighted by molar-refractivity contribution is -0.116. The Labute approximate surface area is 156 Å². The summed E-state index contributed by atoms with van der Waals surface area (Å²) in [6.45, 7) is 4.24. The fraction of sp³-hybridized carbons (Fsp3) is 0.143. The number of benzene rings is 2. The van der Waals surface area contributed by atoms with Crippen LogP contribution in [-0.4, -0.2) is 15.5 Å². The normalized spacial score (nSPS) is 11.0. The molecule has 26 heavy (non-hydrogen) atoms. The van der Waals surface area contributed by atoms with Gasteiger partial charge in [-0.2, -0.15) is 0 Å². The summed E-state index contributed by atoms with van der Waals surface area (Å²) in [4.78, 5) is 18.5. The van der Waals surface area contributed by atoms with Gasteiger partial charge in [-0.3, -0.25) is 4.79 Å². The molecule has 1 N–H and O–H groups in total. The molecule has 4 nitrogen and oxygen atoms in total. The van der Waals surface area contributed by atoms with Crippen molar-refractivity contribution in [3.8, 4) is 10.7 Å². The number of para-hydroxylation sites is 2. The molecule has 2 heterocycles. The van der Waals surface area contributed by atoms with Gasteiger partial charge in [0.1, 0.15) is 6.54 Å². The molecule has 0 atom stereocenters. The molecule has 0 spiro atoms. The third-order valence-electron chi connectivity index (χ3n) is 4.36. The molecule has 4 aromatic rings. The molecule has 0 bridgehead atoms. The van der Waals surface area contributed by atoms with E-state index >= 15 is 0 Å². The molecule has 2 aromatic carbocycles. The van der Waals surface area contributed by atoms with Gasteiger partial charge in [0, 0.05) is 5.69 Å². The highest BCUT2D eigenvalue weighted by Gasteiger charge is 2.16. The minimum Gasteiger partial charge on any atom is -0.324 e. The number of aryl methyl sites for hydroxylation is 2. The van der Waals surface area contributed by atoms with Crippen molar-refractivity contribution >= 4 is 34.0 Å². The lowest BCUT2D eigenvalue weighted by Gasteiger charge is -2.12. The number of amides is 1. The van der Waals surface area contributed by atoms with E-state index in [4.69, 9.17) is 4.98 Å². The van der Waals surface area contributed by atoms with Crippen LogP contribution in [0.1, 0.15) is 11.1 Å². The van der Waals surface area contributed by atoms with Crippen LogP contribution in [0.15, 0.2) is 60.0 Å². The van der Waals surface area contributed by atoms with Crippen LogP contribution in [0.5, 0.6) is 0 Å². The number of anilines is 1. The summed E-state index contributed by atoms with van der Waals surface area (Å²) in [6.07, 6.45) is 0. The third-order valence-corrected chi connectivity index (χ3v) is 5.23. The van der Waals surface area contributed by atoms with Crippen molar-refractivity contribution in [2.45, 2.75) is 20.4 Å². The maximum Gasteiger partial charge on any atom is 0.244 e. The van der Waals surface area contributed by atoms with Crippen molar-refractivity contribution in [1.29, 1.82) is 0 Å². The Morgan fingerprint density at radius 1 is 1.12 bits per heavy atom. The monoisotopic (exact) mass is 361 g/mol. The van der Waals surface area contributed by atoms with Crippen LogP contribution >= 0.6 is 11.3 Å². The van der Waals surface area contributed by atoms with Crippen molar-refractivity contribution in [2.24, 2.45) is 0 Å². The van der Waals surface area contributed by atoms with Crippen molar-refractivity contribution in [3.63, 3.8) is 0 Å². The number of nitrogens with zero attached hydrogens (tertiary/aromatic N) is 2. The molecule has 0 unspecified atom stereocenters. The molecule has 4 rings (SSSR count). The number of carbonyl (C=O) groups excluding carboxylic acids is 1. The first kappa shape index (κ1) is 16.5. The first-order valence-corrected chi connectivity index (χ1v) is 9.36. The predicted molar refractivity (Wildman–Crippen MR) is 108 cm³/mol. The molecule has 1 amide bonds. The van der Waals surface area contributed by atoms with Gasteiger partial charge in [0.2, 0.25) is 5.91 Å². The largest absolute Gasteiger partial charge is 0.324 e. The zero-order valence-corrected chi connectivity index (χ0v) is 15.5. The molecule has 5 heteroatoms. The summed E-state index contributed by atoms with van der Waals surface area (Å²) < 4.78 is 1.99. The van der Waals surface area contributed by atoms with Crippen molar-refractivity contribution in [1.82, 2.24) is 9.55 Å². The smallest absolute Gasteiger partial charge is 0.244 e. The van der Waals surface area contributed by atoms with Gasteiger partial charge >= 0.3 is 0 Å². The maximum absolute atomic E-state index is 12.8. The summed E-state index contributed by atoms with van der Waals surface area (Å²) in [7, 11) is 0. The van der Waals surface area contributed by atoms with Crippen LogP contribution < -0.4 is 5.32 Å². The first-order chi connectivity index (χ1) is 12.6. The van der Waals surface area contributed by atoms with Gasteiger partial charge in [0.25, 0.3) is 0 Å². The van der Waals surface area contributed by atoms with Crippen LogP contribution in [0.2, 0.25) is 0 Å². The molecule has 0 aliphatic carbocycles. The first-order valence-electron chi connectivity index (χ1n) is 8.48. The van der Waals surface area contributed by atoms with E-state index in [1.807, 2.05) is 78.4 Å². The highest BCUT2D eigenvalue weighted by atomic mass is 32.1. The van der Waals surface area contributed by atoms with E-state index in [0.717, 1.165) is 38.5 Å². The third kappa shape index (κ3) is 3.13. The van der Waals surface area contributed by atoms with Gasteiger partial charge in [0.15, 0.2) is 5.82 Å². The zero-order chi connectivity index (χ0) is 18.1. The molecule has 2 aromatic heterocycles. The average Bonchev–Trinajstić information content (AvgIpc) is 3.26. The molecule has 0 aliphatic heterocycles. The second-order valence-electron chi connectivity index (χ2n) is 6.35.